The van der Waals surface area contributed by atoms with Crippen LogP contribution in [0, 0.1) is 0 Å². The van der Waals surface area contributed by atoms with Crippen molar-refractivity contribution in [1.82, 2.24) is 25.3 Å². The van der Waals surface area contributed by atoms with Gasteiger partial charge in [0.2, 0.25) is 0 Å². The van der Waals surface area contributed by atoms with Crippen LogP contribution < -0.4 is 10.7 Å². The Bertz CT molecular complexity index is 558. The maximum absolute atomic E-state index is 4.06. The van der Waals surface area contributed by atoms with Crippen molar-refractivity contribution in [2.75, 3.05) is 19.6 Å². The molecule has 0 spiro atoms. The lowest BCUT2D eigenvalue weighted by Gasteiger charge is -2.27. The van der Waals surface area contributed by atoms with Gasteiger partial charge in [-0.2, -0.15) is 0 Å². The molecule has 2 heterocycles. The molecule has 1 aromatic carbocycles. The van der Waals surface area contributed by atoms with E-state index in [1.807, 2.05) is 18.7 Å². The molecule has 3 rings (SSSR count). The van der Waals surface area contributed by atoms with Crippen molar-refractivity contribution in [3.8, 4) is 0 Å². The summed E-state index contributed by atoms with van der Waals surface area (Å²) < 4.78 is 2.12. The predicted molar refractivity (Wildman–Crippen MR) is 97.3 cm³/mol. The molecule has 1 saturated heterocycles. The fraction of sp³-hybridized carbons (Fsp3) is 0.526. The van der Waals surface area contributed by atoms with Crippen molar-refractivity contribution in [1.29, 1.82) is 0 Å². The van der Waals surface area contributed by atoms with Gasteiger partial charge in [0.25, 0.3) is 0 Å². The second-order valence-electron chi connectivity index (χ2n) is 6.53. The second kappa shape index (κ2) is 9.57. The first-order valence-corrected chi connectivity index (χ1v) is 9.13. The molecular formula is C19H29N5. The molecule has 1 aliphatic heterocycles. The molecule has 2 N–H and O–H groups in total. The highest BCUT2D eigenvalue weighted by Gasteiger charge is 2.08. The molecule has 24 heavy (non-hydrogen) atoms. The molecule has 0 radical (unpaired) electrons. The lowest BCUT2D eigenvalue weighted by atomic mass is 10.1. The smallest absolute Gasteiger partial charge is 0.0945 e. The van der Waals surface area contributed by atoms with Crippen LogP contribution in [0.15, 0.2) is 43.0 Å². The van der Waals surface area contributed by atoms with Crippen LogP contribution in [0.5, 0.6) is 0 Å². The fourth-order valence-corrected chi connectivity index (χ4v) is 3.07. The molecule has 0 aliphatic carbocycles. The molecule has 5 heteroatoms. The van der Waals surface area contributed by atoms with Crippen LogP contribution in [0.2, 0.25) is 0 Å². The molecular weight excluding hydrogens is 298 g/mol. The van der Waals surface area contributed by atoms with E-state index < -0.39 is 0 Å². The van der Waals surface area contributed by atoms with Gasteiger partial charge in [0.15, 0.2) is 0 Å². The number of imidazole rings is 1. The first kappa shape index (κ1) is 17.1. The maximum atomic E-state index is 4.06. The van der Waals surface area contributed by atoms with Crippen LogP contribution in [0.1, 0.15) is 36.8 Å². The van der Waals surface area contributed by atoms with E-state index in [-0.39, 0.29) is 0 Å². The Morgan fingerprint density at radius 2 is 1.71 bits per heavy atom. The molecule has 0 atom stereocenters. The van der Waals surface area contributed by atoms with Crippen molar-refractivity contribution in [3.63, 3.8) is 0 Å². The zero-order valence-electron chi connectivity index (χ0n) is 14.5. The Hall–Kier alpha value is -1.69. The third-order valence-electron chi connectivity index (χ3n) is 4.54. The van der Waals surface area contributed by atoms with Crippen LogP contribution in [0.25, 0.3) is 0 Å². The van der Waals surface area contributed by atoms with Crippen LogP contribution in [-0.4, -0.2) is 34.2 Å². The van der Waals surface area contributed by atoms with Gasteiger partial charge in [-0.05, 0) is 36.9 Å². The number of aromatic nitrogens is 2. The molecule has 0 bridgehead atoms. The van der Waals surface area contributed by atoms with Crippen LogP contribution in [-0.2, 0) is 19.6 Å². The molecule has 1 aromatic heterocycles. The van der Waals surface area contributed by atoms with Gasteiger partial charge in [0, 0.05) is 45.1 Å². The van der Waals surface area contributed by atoms with Gasteiger partial charge < -0.3 is 9.88 Å². The van der Waals surface area contributed by atoms with Crippen LogP contribution >= 0.6 is 0 Å². The molecule has 0 amide bonds. The van der Waals surface area contributed by atoms with Gasteiger partial charge in [-0.3, -0.25) is 5.43 Å². The third-order valence-corrected chi connectivity index (χ3v) is 4.54. The molecule has 2 aromatic rings. The number of nitrogens with zero attached hydrogens (tertiary/aromatic N) is 3. The minimum Gasteiger partial charge on any atom is -0.337 e. The number of rotatable bonds is 9. The molecule has 0 unspecified atom stereocenters. The van der Waals surface area contributed by atoms with Gasteiger partial charge in [0.05, 0.1) is 6.33 Å². The van der Waals surface area contributed by atoms with E-state index in [2.05, 4.69) is 49.6 Å². The Morgan fingerprint density at radius 1 is 0.958 bits per heavy atom. The zero-order chi connectivity index (χ0) is 16.5. The first-order valence-electron chi connectivity index (χ1n) is 9.13. The summed E-state index contributed by atoms with van der Waals surface area (Å²) in [5, 5.41) is 5.87. The van der Waals surface area contributed by atoms with Crippen molar-refractivity contribution >= 4 is 0 Å². The van der Waals surface area contributed by atoms with Gasteiger partial charge in [-0.1, -0.05) is 30.7 Å². The normalized spacial score (nSPS) is 15.7. The summed E-state index contributed by atoms with van der Waals surface area (Å²) in [5.41, 5.74) is 6.24. The largest absolute Gasteiger partial charge is 0.337 e. The monoisotopic (exact) mass is 327 g/mol. The SMILES string of the molecule is c1cn(CCCNCc2ccc(CNN3CCCCC3)cc2)cn1. The van der Waals surface area contributed by atoms with E-state index in [0.717, 1.165) is 32.6 Å². The number of hydrogen-bond donors (Lipinski definition) is 2. The average molecular weight is 327 g/mol. The summed E-state index contributed by atoms with van der Waals surface area (Å²) in [4.78, 5) is 4.06. The van der Waals surface area contributed by atoms with Crippen molar-refractivity contribution in [3.05, 3.63) is 54.1 Å². The summed E-state index contributed by atoms with van der Waals surface area (Å²) in [6.07, 6.45) is 10.8. The second-order valence-corrected chi connectivity index (χ2v) is 6.53. The quantitative estimate of drug-likeness (QED) is 0.695. The number of nitrogens with one attached hydrogen (secondary N) is 2. The zero-order valence-corrected chi connectivity index (χ0v) is 14.5. The van der Waals surface area contributed by atoms with E-state index >= 15 is 0 Å². The van der Waals surface area contributed by atoms with Gasteiger partial charge in [-0.15, -0.1) is 0 Å². The predicted octanol–water partition coefficient (Wildman–Crippen LogP) is 2.55. The number of hydrazine groups is 1. The number of benzene rings is 1. The molecule has 0 saturated carbocycles. The fourth-order valence-electron chi connectivity index (χ4n) is 3.07. The van der Waals surface area contributed by atoms with Crippen LogP contribution in [0.3, 0.4) is 0 Å². The van der Waals surface area contributed by atoms with Crippen LogP contribution in [0.4, 0.5) is 0 Å². The maximum Gasteiger partial charge on any atom is 0.0945 e. The Kier molecular flexibility index (Phi) is 6.83. The summed E-state index contributed by atoms with van der Waals surface area (Å²) in [6.45, 7) is 6.27. The minimum absolute atomic E-state index is 0.929. The Balaban J connectivity index is 1.30. The summed E-state index contributed by atoms with van der Waals surface area (Å²) in [7, 11) is 0. The van der Waals surface area contributed by atoms with Gasteiger partial charge >= 0.3 is 0 Å². The van der Waals surface area contributed by atoms with Crippen molar-refractivity contribution in [2.24, 2.45) is 0 Å². The highest BCUT2D eigenvalue weighted by Crippen LogP contribution is 2.08. The van der Waals surface area contributed by atoms with E-state index in [1.54, 1.807) is 0 Å². The topological polar surface area (TPSA) is 45.1 Å². The van der Waals surface area contributed by atoms with Crippen molar-refractivity contribution in [2.45, 2.75) is 45.3 Å². The standard InChI is InChI=1S/C19H29N5/c1-2-12-24(13-3-1)22-16-19-7-5-18(6-8-19)15-20-9-4-11-23-14-10-21-17-23/h5-8,10,14,17,20,22H,1-4,9,11-13,15-16H2. The number of hydrogen-bond acceptors (Lipinski definition) is 4. The Morgan fingerprint density at radius 3 is 2.42 bits per heavy atom. The summed E-state index contributed by atoms with van der Waals surface area (Å²) in [6, 6.07) is 8.94. The molecule has 1 aliphatic rings. The van der Waals surface area contributed by atoms with Gasteiger partial charge in [0.1, 0.15) is 0 Å². The highest BCUT2D eigenvalue weighted by molar-refractivity contribution is 5.22. The first-order chi connectivity index (χ1) is 11.9. The minimum atomic E-state index is 0.929. The van der Waals surface area contributed by atoms with E-state index in [0.29, 0.717) is 0 Å². The molecule has 5 nitrogen and oxygen atoms in total. The average Bonchev–Trinajstić information content (AvgIpc) is 3.15. The number of aryl methyl sites for hydroxylation is 1. The summed E-state index contributed by atoms with van der Waals surface area (Å²) in [5.74, 6) is 0. The molecule has 130 valence electrons. The van der Waals surface area contributed by atoms with Gasteiger partial charge in [-0.25, -0.2) is 9.99 Å². The third kappa shape index (κ3) is 5.74. The van der Waals surface area contributed by atoms with E-state index in [9.17, 15) is 0 Å². The lowest BCUT2D eigenvalue weighted by Crippen LogP contribution is -2.41. The van der Waals surface area contributed by atoms with E-state index in [1.165, 1.54) is 43.5 Å². The highest BCUT2D eigenvalue weighted by atomic mass is 15.5. The lowest BCUT2D eigenvalue weighted by molar-refractivity contribution is 0.151. The Labute approximate surface area is 145 Å². The summed E-state index contributed by atoms with van der Waals surface area (Å²) >= 11 is 0. The molecule has 1 fully saturated rings. The van der Waals surface area contributed by atoms with Crippen molar-refractivity contribution < 1.29 is 0 Å². The number of piperidine rings is 1. The van der Waals surface area contributed by atoms with E-state index in [4.69, 9.17) is 0 Å².